The number of benzene rings is 2. The Morgan fingerprint density at radius 2 is 1.63 bits per heavy atom. The van der Waals surface area contributed by atoms with Gasteiger partial charge in [-0.1, -0.05) is 55.5 Å². The zero-order valence-corrected chi connectivity index (χ0v) is 11.5. The van der Waals surface area contributed by atoms with Gasteiger partial charge in [0, 0.05) is 11.6 Å². The molecule has 0 bridgehead atoms. The molecule has 0 saturated heterocycles. The van der Waals surface area contributed by atoms with Crippen molar-refractivity contribution in [3.05, 3.63) is 65.7 Å². The maximum absolute atomic E-state index is 6.13. The summed E-state index contributed by atoms with van der Waals surface area (Å²) in [6, 6.07) is 18.3. The topological polar surface area (TPSA) is 35.2 Å². The van der Waals surface area contributed by atoms with Gasteiger partial charge in [0.15, 0.2) is 0 Å². The fourth-order valence-electron chi connectivity index (χ4n) is 2.10. The van der Waals surface area contributed by atoms with E-state index >= 15 is 0 Å². The second-order valence-electron chi connectivity index (χ2n) is 4.72. The molecule has 2 atom stereocenters. The van der Waals surface area contributed by atoms with E-state index in [1.54, 1.807) is 0 Å². The van der Waals surface area contributed by atoms with Crippen LogP contribution in [0.1, 0.15) is 43.5 Å². The van der Waals surface area contributed by atoms with Gasteiger partial charge in [0.25, 0.3) is 0 Å². The van der Waals surface area contributed by atoms with Crippen LogP contribution in [-0.4, -0.2) is 0 Å². The van der Waals surface area contributed by atoms with Crippen LogP contribution >= 0.6 is 0 Å². The van der Waals surface area contributed by atoms with Crippen molar-refractivity contribution in [2.75, 3.05) is 0 Å². The molecule has 0 saturated carbocycles. The van der Waals surface area contributed by atoms with Crippen LogP contribution in [0.2, 0.25) is 0 Å². The summed E-state index contributed by atoms with van der Waals surface area (Å²) in [6.45, 7) is 4.14. The number of para-hydroxylation sites is 1. The Hall–Kier alpha value is -1.80. The van der Waals surface area contributed by atoms with E-state index in [-0.39, 0.29) is 12.1 Å². The molecule has 0 aliphatic rings. The molecule has 2 rings (SSSR count). The highest BCUT2D eigenvalue weighted by atomic mass is 16.5. The molecule has 2 heteroatoms. The first-order valence-electron chi connectivity index (χ1n) is 6.78. The molecule has 0 radical (unpaired) electrons. The Balaban J connectivity index is 2.19. The molecule has 0 fully saturated rings. The first kappa shape index (κ1) is 13.6. The number of hydrogen-bond donors (Lipinski definition) is 1. The monoisotopic (exact) mass is 255 g/mol. The van der Waals surface area contributed by atoms with Gasteiger partial charge in [-0.05, 0) is 25.0 Å². The van der Waals surface area contributed by atoms with Crippen molar-refractivity contribution in [3.63, 3.8) is 0 Å². The van der Waals surface area contributed by atoms with Gasteiger partial charge in [0.1, 0.15) is 11.9 Å². The lowest BCUT2D eigenvalue weighted by atomic mass is 10.0. The first-order chi connectivity index (χ1) is 9.22. The lowest BCUT2D eigenvalue weighted by Crippen LogP contribution is -2.12. The minimum Gasteiger partial charge on any atom is -0.486 e. The van der Waals surface area contributed by atoms with Crippen molar-refractivity contribution >= 4 is 0 Å². The van der Waals surface area contributed by atoms with Gasteiger partial charge in [0.05, 0.1) is 0 Å². The summed E-state index contributed by atoms with van der Waals surface area (Å²) >= 11 is 0. The van der Waals surface area contributed by atoms with Gasteiger partial charge >= 0.3 is 0 Å². The zero-order chi connectivity index (χ0) is 13.7. The highest BCUT2D eigenvalue weighted by Crippen LogP contribution is 2.29. The van der Waals surface area contributed by atoms with Crippen molar-refractivity contribution in [3.8, 4) is 5.75 Å². The normalized spacial score (nSPS) is 13.8. The van der Waals surface area contributed by atoms with Crippen molar-refractivity contribution in [1.29, 1.82) is 0 Å². The molecular weight excluding hydrogens is 234 g/mol. The second-order valence-corrected chi connectivity index (χ2v) is 4.72. The van der Waals surface area contributed by atoms with E-state index in [2.05, 4.69) is 26.0 Å². The van der Waals surface area contributed by atoms with Gasteiger partial charge in [-0.15, -0.1) is 0 Å². The summed E-state index contributed by atoms with van der Waals surface area (Å²) < 4.78 is 6.07. The molecule has 2 aromatic rings. The Bertz CT molecular complexity index is 510. The van der Waals surface area contributed by atoms with Gasteiger partial charge in [-0.2, -0.15) is 0 Å². The van der Waals surface area contributed by atoms with Gasteiger partial charge in [0.2, 0.25) is 0 Å². The minimum absolute atomic E-state index is 0.0198. The van der Waals surface area contributed by atoms with E-state index in [1.165, 1.54) is 5.56 Å². The highest BCUT2D eigenvalue weighted by Gasteiger charge is 2.13. The zero-order valence-electron chi connectivity index (χ0n) is 11.5. The number of rotatable bonds is 5. The summed E-state index contributed by atoms with van der Waals surface area (Å²) in [5, 5.41) is 0. The van der Waals surface area contributed by atoms with E-state index < -0.39 is 0 Å². The number of nitrogens with two attached hydrogens (primary N) is 1. The average molecular weight is 255 g/mol. The molecule has 0 amide bonds. The van der Waals surface area contributed by atoms with E-state index in [1.807, 2.05) is 42.5 Å². The second kappa shape index (κ2) is 6.39. The maximum Gasteiger partial charge on any atom is 0.124 e. The lowest BCUT2D eigenvalue weighted by Gasteiger charge is -2.20. The molecule has 1 unspecified atom stereocenters. The lowest BCUT2D eigenvalue weighted by molar-refractivity contribution is 0.223. The molecule has 0 aliphatic carbocycles. The van der Waals surface area contributed by atoms with Crippen LogP contribution in [-0.2, 0) is 0 Å². The van der Waals surface area contributed by atoms with Crippen molar-refractivity contribution in [1.82, 2.24) is 0 Å². The van der Waals surface area contributed by atoms with Crippen LogP contribution in [0.3, 0.4) is 0 Å². The highest BCUT2D eigenvalue weighted by molar-refractivity contribution is 5.36. The fourth-order valence-corrected chi connectivity index (χ4v) is 2.10. The summed E-state index contributed by atoms with van der Waals surface area (Å²) in [6.07, 6.45) is 0.923. The van der Waals surface area contributed by atoms with Crippen molar-refractivity contribution < 1.29 is 4.74 Å². The fraction of sp³-hybridized carbons (Fsp3) is 0.294. The van der Waals surface area contributed by atoms with E-state index in [0.717, 1.165) is 17.7 Å². The first-order valence-corrected chi connectivity index (χ1v) is 6.78. The van der Waals surface area contributed by atoms with Crippen LogP contribution in [0.15, 0.2) is 54.6 Å². The molecule has 0 spiro atoms. The molecule has 2 aromatic carbocycles. The van der Waals surface area contributed by atoms with Crippen molar-refractivity contribution in [2.24, 2.45) is 5.73 Å². The Morgan fingerprint density at radius 1 is 1.00 bits per heavy atom. The van der Waals surface area contributed by atoms with E-state index in [4.69, 9.17) is 10.5 Å². The quantitative estimate of drug-likeness (QED) is 0.867. The average Bonchev–Trinajstić information content (AvgIpc) is 2.48. The minimum atomic E-state index is 0.0198. The molecule has 19 heavy (non-hydrogen) atoms. The summed E-state index contributed by atoms with van der Waals surface area (Å²) in [5.74, 6) is 0.883. The van der Waals surface area contributed by atoms with Crippen LogP contribution in [0, 0.1) is 0 Å². The van der Waals surface area contributed by atoms with Gasteiger partial charge < -0.3 is 10.5 Å². The van der Waals surface area contributed by atoms with Gasteiger partial charge in [-0.25, -0.2) is 0 Å². The number of ether oxygens (including phenoxy) is 1. The molecule has 0 aromatic heterocycles. The third-order valence-electron chi connectivity index (χ3n) is 3.33. The largest absolute Gasteiger partial charge is 0.486 e. The summed E-state index contributed by atoms with van der Waals surface area (Å²) in [5.41, 5.74) is 8.37. The van der Waals surface area contributed by atoms with E-state index in [0.29, 0.717) is 0 Å². The molecule has 2 N–H and O–H groups in total. The Labute approximate surface area is 115 Å². The van der Waals surface area contributed by atoms with Crippen molar-refractivity contribution in [2.45, 2.75) is 32.4 Å². The SMILES string of the molecule is CC[C@H](N)c1ccccc1OC(C)c1ccccc1. The van der Waals surface area contributed by atoms with Crippen LogP contribution in [0.4, 0.5) is 0 Å². The van der Waals surface area contributed by atoms with E-state index in [9.17, 15) is 0 Å². The molecular formula is C17H21NO. The Kier molecular flexibility index (Phi) is 4.58. The predicted octanol–water partition coefficient (Wildman–Crippen LogP) is 4.24. The smallest absolute Gasteiger partial charge is 0.124 e. The van der Waals surface area contributed by atoms with Crippen LogP contribution < -0.4 is 10.5 Å². The number of hydrogen-bond acceptors (Lipinski definition) is 2. The molecule has 2 nitrogen and oxygen atoms in total. The summed E-state index contributed by atoms with van der Waals surface area (Å²) in [7, 11) is 0. The van der Waals surface area contributed by atoms with Crippen LogP contribution in [0.25, 0.3) is 0 Å². The van der Waals surface area contributed by atoms with Gasteiger partial charge in [-0.3, -0.25) is 0 Å². The Morgan fingerprint density at radius 3 is 2.32 bits per heavy atom. The summed E-state index contributed by atoms with van der Waals surface area (Å²) in [4.78, 5) is 0. The van der Waals surface area contributed by atoms with Crippen LogP contribution in [0.5, 0.6) is 5.75 Å². The molecule has 100 valence electrons. The molecule has 0 aliphatic heterocycles. The molecule has 0 heterocycles. The predicted molar refractivity (Wildman–Crippen MR) is 79.1 cm³/mol. The third-order valence-corrected chi connectivity index (χ3v) is 3.33. The maximum atomic E-state index is 6.13. The third kappa shape index (κ3) is 3.36. The standard InChI is InChI=1S/C17H21NO/c1-3-16(18)15-11-7-8-12-17(15)19-13(2)14-9-5-4-6-10-14/h4-13,16H,3,18H2,1-2H3/t13?,16-/m0/s1.